The van der Waals surface area contributed by atoms with Crippen LogP contribution in [0.15, 0.2) is 30.9 Å². The molecule has 0 aliphatic carbocycles. The summed E-state index contributed by atoms with van der Waals surface area (Å²) in [6, 6.07) is 2.48. The number of halogens is 1. The standard InChI is InChI=1S/C11H8FN3O2/c12-8-1-6(7-3-14-5-15-4-7)2-9(13)10(8)11(16)17/h1-5H,13H2,(H,16,17). The maximum atomic E-state index is 13.5. The number of nitrogens with two attached hydrogens (primary N) is 1. The van der Waals surface area contributed by atoms with Crippen molar-refractivity contribution in [3.63, 3.8) is 0 Å². The lowest BCUT2D eigenvalue weighted by molar-refractivity contribution is 0.0693. The molecule has 3 N–H and O–H groups in total. The van der Waals surface area contributed by atoms with Crippen molar-refractivity contribution in [1.82, 2.24) is 9.97 Å². The Morgan fingerprint density at radius 3 is 2.41 bits per heavy atom. The minimum Gasteiger partial charge on any atom is -0.478 e. The van der Waals surface area contributed by atoms with Crippen LogP contribution in [0.3, 0.4) is 0 Å². The number of hydrogen-bond acceptors (Lipinski definition) is 4. The third-order valence-corrected chi connectivity index (χ3v) is 2.23. The zero-order valence-electron chi connectivity index (χ0n) is 8.59. The van der Waals surface area contributed by atoms with Gasteiger partial charge in [0.15, 0.2) is 0 Å². The van der Waals surface area contributed by atoms with Crippen LogP contribution in [-0.4, -0.2) is 21.0 Å². The molecule has 0 saturated carbocycles. The summed E-state index contributed by atoms with van der Waals surface area (Å²) in [6.45, 7) is 0. The number of carboxylic acid groups (broad SMARTS) is 1. The number of benzene rings is 1. The van der Waals surface area contributed by atoms with Crippen LogP contribution in [0, 0.1) is 5.82 Å². The third-order valence-electron chi connectivity index (χ3n) is 2.23. The van der Waals surface area contributed by atoms with Crippen LogP contribution in [0.2, 0.25) is 0 Å². The van der Waals surface area contributed by atoms with Crippen molar-refractivity contribution in [2.75, 3.05) is 5.73 Å². The molecule has 0 aliphatic heterocycles. The van der Waals surface area contributed by atoms with Gasteiger partial charge in [0.05, 0.1) is 0 Å². The monoisotopic (exact) mass is 233 g/mol. The Morgan fingerprint density at radius 1 is 1.24 bits per heavy atom. The van der Waals surface area contributed by atoms with Gasteiger partial charge in [0.25, 0.3) is 0 Å². The molecular formula is C11H8FN3O2. The Balaban J connectivity index is 2.57. The molecule has 1 aromatic carbocycles. The first kappa shape index (κ1) is 11.0. The van der Waals surface area contributed by atoms with Crippen molar-refractivity contribution >= 4 is 11.7 Å². The first-order valence-electron chi connectivity index (χ1n) is 4.67. The van der Waals surface area contributed by atoms with E-state index in [0.29, 0.717) is 11.1 Å². The number of aromatic nitrogens is 2. The first-order chi connectivity index (χ1) is 8.09. The third kappa shape index (κ3) is 2.05. The van der Waals surface area contributed by atoms with Crippen molar-refractivity contribution in [3.8, 4) is 11.1 Å². The molecule has 86 valence electrons. The zero-order valence-corrected chi connectivity index (χ0v) is 8.59. The molecule has 2 aromatic rings. The van der Waals surface area contributed by atoms with E-state index in [1.165, 1.54) is 24.8 Å². The minimum absolute atomic E-state index is 0.128. The molecule has 0 amide bonds. The van der Waals surface area contributed by atoms with Crippen LogP contribution in [0.1, 0.15) is 10.4 Å². The lowest BCUT2D eigenvalue weighted by atomic mass is 10.0. The summed E-state index contributed by atoms with van der Waals surface area (Å²) in [5, 5.41) is 8.76. The fraction of sp³-hybridized carbons (Fsp3) is 0. The maximum absolute atomic E-state index is 13.5. The van der Waals surface area contributed by atoms with Crippen LogP contribution in [-0.2, 0) is 0 Å². The Hall–Kier alpha value is -2.50. The second-order valence-electron chi connectivity index (χ2n) is 3.35. The van der Waals surface area contributed by atoms with Gasteiger partial charge in [-0.2, -0.15) is 0 Å². The highest BCUT2D eigenvalue weighted by Crippen LogP contribution is 2.25. The fourth-order valence-electron chi connectivity index (χ4n) is 1.47. The molecule has 0 atom stereocenters. The molecule has 0 bridgehead atoms. The summed E-state index contributed by atoms with van der Waals surface area (Å²) in [5.74, 6) is -2.27. The van der Waals surface area contributed by atoms with Crippen molar-refractivity contribution in [2.45, 2.75) is 0 Å². The summed E-state index contributed by atoms with van der Waals surface area (Å²) in [4.78, 5) is 18.3. The number of aromatic carboxylic acids is 1. The van der Waals surface area contributed by atoms with Gasteiger partial charge in [-0.1, -0.05) is 0 Å². The summed E-state index contributed by atoms with van der Waals surface area (Å²) < 4.78 is 13.5. The molecule has 1 heterocycles. The highest BCUT2D eigenvalue weighted by atomic mass is 19.1. The van der Waals surface area contributed by atoms with Crippen LogP contribution >= 0.6 is 0 Å². The van der Waals surface area contributed by atoms with Crippen LogP contribution in [0.5, 0.6) is 0 Å². The molecule has 6 heteroatoms. The largest absolute Gasteiger partial charge is 0.478 e. The van der Waals surface area contributed by atoms with Gasteiger partial charge < -0.3 is 10.8 Å². The molecule has 1 aromatic heterocycles. The van der Waals surface area contributed by atoms with Crippen molar-refractivity contribution in [3.05, 3.63) is 42.2 Å². The average Bonchev–Trinajstić information content (AvgIpc) is 2.28. The Bertz CT molecular complexity index is 549. The highest BCUT2D eigenvalue weighted by molar-refractivity contribution is 5.95. The predicted molar refractivity (Wildman–Crippen MR) is 58.8 cm³/mol. The summed E-state index contributed by atoms with van der Waals surface area (Å²) in [6.07, 6.45) is 4.32. The van der Waals surface area contributed by atoms with Gasteiger partial charge in [-0.05, 0) is 17.7 Å². The van der Waals surface area contributed by atoms with E-state index in [0.717, 1.165) is 6.07 Å². The quantitative estimate of drug-likeness (QED) is 0.768. The van der Waals surface area contributed by atoms with Gasteiger partial charge in [0, 0.05) is 23.6 Å². The minimum atomic E-state index is -1.39. The maximum Gasteiger partial charge on any atom is 0.340 e. The smallest absolute Gasteiger partial charge is 0.340 e. The van der Waals surface area contributed by atoms with E-state index in [-0.39, 0.29) is 5.69 Å². The molecule has 17 heavy (non-hydrogen) atoms. The molecule has 0 fully saturated rings. The van der Waals surface area contributed by atoms with E-state index in [2.05, 4.69) is 9.97 Å². The van der Waals surface area contributed by atoms with E-state index < -0.39 is 17.3 Å². The molecule has 5 nitrogen and oxygen atoms in total. The Kier molecular flexibility index (Phi) is 2.70. The molecule has 0 unspecified atom stereocenters. The lowest BCUT2D eigenvalue weighted by Crippen LogP contribution is -2.06. The van der Waals surface area contributed by atoms with Crippen LogP contribution in [0.25, 0.3) is 11.1 Å². The van der Waals surface area contributed by atoms with E-state index in [1.54, 1.807) is 0 Å². The molecule has 0 radical (unpaired) electrons. The predicted octanol–water partition coefficient (Wildman–Crippen LogP) is 1.56. The van der Waals surface area contributed by atoms with E-state index in [1.807, 2.05) is 0 Å². The SMILES string of the molecule is Nc1cc(-c2cncnc2)cc(F)c1C(=O)O. The van der Waals surface area contributed by atoms with E-state index >= 15 is 0 Å². The van der Waals surface area contributed by atoms with Gasteiger partial charge in [0.2, 0.25) is 0 Å². The molecule has 2 rings (SSSR count). The van der Waals surface area contributed by atoms with Gasteiger partial charge in [-0.3, -0.25) is 0 Å². The van der Waals surface area contributed by atoms with Gasteiger partial charge in [0.1, 0.15) is 17.7 Å². The average molecular weight is 233 g/mol. The number of carbonyl (C=O) groups is 1. The molecule has 0 spiro atoms. The van der Waals surface area contributed by atoms with Crippen molar-refractivity contribution in [2.24, 2.45) is 0 Å². The Morgan fingerprint density at radius 2 is 1.88 bits per heavy atom. The normalized spacial score (nSPS) is 10.2. The highest BCUT2D eigenvalue weighted by Gasteiger charge is 2.16. The van der Waals surface area contributed by atoms with Gasteiger partial charge in [-0.25, -0.2) is 19.2 Å². The second-order valence-corrected chi connectivity index (χ2v) is 3.35. The lowest BCUT2D eigenvalue weighted by Gasteiger charge is -2.06. The second kappa shape index (κ2) is 4.17. The number of anilines is 1. The zero-order chi connectivity index (χ0) is 12.4. The van der Waals surface area contributed by atoms with Crippen molar-refractivity contribution < 1.29 is 14.3 Å². The van der Waals surface area contributed by atoms with Crippen LogP contribution in [0.4, 0.5) is 10.1 Å². The summed E-state index contributed by atoms with van der Waals surface area (Å²) in [5.41, 5.74) is 5.85. The number of hydrogen-bond donors (Lipinski definition) is 2. The Labute approximate surface area is 95.8 Å². The number of rotatable bonds is 2. The number of carboxylic acids is 1. The number of nitrogens with zero attached hydrogens (tertiary/aromatic N) is 2. The molecular weight excluding hydrogens is 225 g/mol. The first-order valence-corrected chi connectivity index (χ1v) is 4.67. The molecule has 0 aliphatic rings. The fourth-order valence-corrected chi connectivity index (χ4v) is 1.47. The van der Waals surface area contributed by atoms with E-state index in [9.17, 15) is 9.18 Å². The van der Waals surface area contributed by atoms with Crippen molar-refractivity contribution in [1.29, 1.82) is 0 Å². The number of nitrogen functional groups attached to an aromatic ring is 1. The van der Waals surface area contributed by atoms with Crippen LogP contribution < -0.4 is 5.73 Å². The van der Waals surface area contributed by atoms with Gasteiger partial charge >= 0.3 is 5.97 Å². The molecule has 0 saturated heterocycles. The summed E-state index contributed by atoms with van der Waals surface area (Å²) >= 11 is 0. The van der Waals surface area contributed by atoms with E-state index in [4.69, 9.17) is 10.8 Å². The summed E-state index contributed by atoms with van der Waals surface area (Å²) in [7, 11) is 0. The van der Waals surface area contributed by atoms with Gasteiger partial charge in [-0.15, -0.1) is 0 Å². The topological polar surface area (TPSA) is 89.1 Å².